The first kappa shape index (κ1) is 18.0. The molecule has 0 spiro atoms. The van der Waals surface area contributed by atoms with Crippen molar-refractivity contribution < 1.29 is 4.79 Å². The number of thiazole rings is 2. The van der Waals surface area contributed by atoms with E-state index in [0.29, 0.717) is 10.2 Å². The van der Waals surface area contributed by atoms with E-state index < -0.39 is 5.41 Å². The minimum absolute atomic E-state index is 0.104. The molecule has 0 radical (unpaired) electrons. The average molecular weight is 392 g/mol. The summed E-state index contributed by atoms with van der Waals surface area (Å²) in [6, 6.07) is 7.34. The van der Waals surface area contributed by atoms with Gasteiger partial charge in [0.05, 0.1) is 26.7 Å². The monoisotopic (exact) mass is 391 g/mol. The zero-order chi connectivity index (χ0) is 18.2. The molecule has 2 aromatic heterocycles. The summed E-state index contributed by atoms with van der Waals surface area (Å²) in [6.45, 7) is 7.72. The molecule has 3 aromatic rings. The van der Waals surface area contributed by atoms with E-state index in [0.717, 1.165) is 26.8 Å². The SMILES string of the molecule is Cc1nc(C)c(-c2csc(NC(=O)C(C)(C)c3ccc(Cl)cc3)n2)s1. The number of nitrogens with zero attached hydrogens (tertiary/aromatic N) is 2. The highest BCUT2D eigenvalue weighted by molar-refractivity contribution is 7.16. The molecule has 4 nitrogen and oxygen atoms in total. The van der Waals surface area contributed by atoms with Crippen molar-refractivity contribution in [3.8, 4) is 10.6 Å². The molecular formula is C18H18ClN3OS2. The molecule has 1 aromatic carbocycles. The summed E-state index contributed by atoms with van der Waals surface area (Å²) in [5.74, 6) is -0.104. The number of hydrogen-bond donors (Lipinski definition) is 1. The van der Waals surface area contributed by atoms with Crippen molar-refractivity contribution in [3.63, 3.8) is 0 Å². The fourth-order valence-electron chi connectivity index (χ4n) is 2.46. The minimum Gasteiger partial charge on any atom is -0.301 e. The Morgan fingerprint density at radius 3 is 2.44 bits per heavy atom. The molecule has 0 saturated heterocycles. The molecule has 0 atom stereocenters. The van der Waals surface area contributed by atoms with Gasteiger partial charge in [0, 0.05) is 10.4 Å². The summed E-state index contributed by atoms with van der Waals surface area (Å²) < 4.78 is 0. The van der Waals surface area contributed by atoms with Crippen molar-refractivity contribution >= 4 is 45.3 Å². The second-order valence-electron chi connectivity index (χ2n) is 6.27. The molecule has 130 valence electrons. The Hall–Kier alpha value is -1.76. The van der Waals surface area contributed by atoms with Crippen molar-refractivity contribution in [1.82, 2.24) is 9.97 Å². The van der Waals surface area contributed by atoms with Crippen molar-refractivity contribution in [2.24, 2.45) is 0 Å². The predicted octanol–water partition coefficient (Wildman–Crippen LogP) is 5.45. The quantitative estimate of drug-likeness (QED) is 0.643. The number of halogens is 1. The van der Waals surface area contributed by atoms with Gasteiger partial charge in [0.25, 0.3) is 0 Å². The number of carbonyl (C=O) groups excluding carboxylic acids is 1. The van der Waals surface area contributed by atoms with Crippen LogP contribution < -0.4 is 5.32 Å². The molecule has 25 heavy (non-hydrogen) atoms. The van der Waals surface area contributed by atoms with Crippen LogP contribution in [0.5, 0.6) is 0 Å². The highest BCUT2D eigenvalue weighted by Crippen LogP contribution is 2.33. The van der Waals surface area contributed by atoms with Crippen LogP contribution >= 0.6 is 34.3 Å². The first-order valence-electron chi connectivity index (χ1n) is 7.75. The van der Waals surface area contributed by atoms with E-state index >= 15 is 0 Å². The summed E-state index contributed by atoms with van der Waals surface area (Å²) in [5, 5.41) is 7.13. The highest BCUT2D eigenvalue weighted by Gasteiger charge is 2.30. The predicted molar refractivity (Wildman–Crippen MR) is 106 cm³/mol. The fraction of sp³-hybridized carbons (Fsp3) is 0.278. The van der Waals surface area contributed by atoms with E-state index in [9.17, 15) is 4.79 Å². The smallest absolute Gasteiger partial charge is 0.236 e. The molecule has 0 unspecified atom stereocenters. The van der Waals surface area contributed by atoms with Gasteiger partial charge in [-0.25, -0.2) is 9.97 Å². The number of aromatic nitrogens is 2. The Labute approximate surface area is 159 Å². The Kier molecular flexibility index (Phi) is 4.95. The molecule has 1 amide bonds. The maximum atomic E-state index is 12.7. The molecule has 0 aliphatic carbocycles. The van der Waals surface area contributed by atoms with Gasteiger partial charge in [-0.2, -0.15) is 0 Å². The lowest BCUT2D eigenvalue weighted by atomic mass is 9.84. The normalized spacial score (nSPS) is 11.6. The maximum absolute atomic E-state index is 12.7. The van der Waals surface area contributed by atoms with Crippen LogP contribution in [0.2, 0.25) is 5.02 Å². The van der Waals surface area contributed by atoms with Crippen LogP contribution in [0.25, 0.3) is 10.6 Å². The van der Waals surface area contributed by atoms with Crippen LogP contribution in [0.3, 0.4) is 0 Å². The average Bonchev–Trinajstić information content (AvgIpc) is 3.13. The van der Waals surface area contributed by atoms with Gasteiger partial charge in [-0.1, -0.05) is 23.7 Å². The first-order chi connectivity index (χ1) is 11.8. The van der Waals surface area contributed by atoms with Gasteiger partial charge in [0.2, 0.25) is 5.91 Å². The van der Waals surface area contributed by atoms with Crippen molar-refractivity contribution in [3.05, 3.63) is 50.9 Å². The van der Waals surface area contributed by atoms with Gasteiger partial charge in [-0.3, -0.25) is 4.79 Å². The second kappa shape index (κ2) is 6.86. The summed E-state index contributed by atoms with van der Waals surface area (Å²) >= 11 is 8.96. The van der Waals surface area contributed by atoms with Crippen molar-refractivity contribution in [2.45, 2.75) is 33.1 Å². The summed E-state index contributed by atoms with van der Waals surface area (Å²) in [7, 11) is 0. The number of rotatable bonds is 4. The second-order valence-corrected chi connectivity index (χ2v) is 8.77. The van der Waals surface area contributed by atoms with E-state index in [-0.39, 0.29) is 5.91 Å². The van der Waals surface area contributed by atoms with Gasteiger partial charge in [0.15, 0.2) is 5.13 Å². The third-order valence-corrected chi connectivity index (χ3v) is 6.10. The molecule has 0 saturated carbocycles. The van der Waals surface area contributed by atoms with Crippen LogP contribution in [-0.2, 0) is 10.2 Å². The fourth-order valence-corrected chi connectivity index (χ4v) is 4.23. The Bertz CT molecular complexity index is 913. The number of benzene rings is 1. The zero-order valence-corrected chi connectivity index (χ0v) is 16.8. The molecule has 1 N–H and O–H groups in total. The lowest BCUT2D eigenvalue weighted by Gasteiger charge is -2.23. The van der Waals surface area contributed by atoms with Gasteiger partial charge in [-0.15, -0.1) is 22.7 Å². The maximum Gasteiger partial charge on any atom is 0.236 e. The highest BCUT2D eigenvalue weighted by atomic mass is 35.5. The number of anilines is 1. The number of hydrogen-bond acceptors (Lipinski definition) is 5. The third-order valence-electron chi connectivity index (χ3n) is 3.99. The van der Waals surface area contributed by atoms with Crippen LogP contribution in [0.1, 0.15) is 30.1 Å². The van der Waals surface area contributed by atoms with E-state index in [1.54, 1.807) is 23.5 Å². The van der Waals surface area contributed by atoms with Gasteiger partial charge < -0.3 is 5.32 Å². The Morgan fingerprint density at radius 2 is 1.84 bits per heavy atom. The van der Waals surface area contributed by atoms with Gasteiger partial charge in [-0.05, 0) is 45.4 Å². The van der Waals surface area contributed by atoms with Crippen LogP contribution in [0.15, 0.2) is 29.6 Å². The lowest BCUT2D eigenvalue weighted by molar-refractivity contribution is -0.120. The molecule has 0 aliphatic rings. The summed E-state index contributed by atoms with van der Waals surface area (Å²) in [4.78, 5) is 22.8. The van der Waals surface area contributed by atoms with Crippen LogP contribution in [0.4, 0.5) is 5.13 Å². The van der Waals surface area contributed by atoms with E-state index in [1.807, 2.05) is 45.2 Å². The van der Waals surface area contributed by atoms with Gasteiger partial charge in [0.1, 0.15) is 0 Å². The molecule has 0 bridgehead atoms. The van der Waals surface area contributed by atoms with Gasteiger partial charge >= 0.3 is 0 Å². The summed E-state index contributed by atoms with van der Waals surface area (Å²) in [5.41, 5.74) is 2.04. The van der Waals surface area contributed by atoms with Crippen molar-refractivity contribution in [2.75, 3.05) is 5.32 Å². The number of amides is 1. The molecule has 0 fully saturated rings. The van der Waals surface area contributed by atoms with Crippen LogP contribution in [-0.4, -0.2) is 15.9 Å². The lowest BCUT2D eigenvalue weighted by Crippen LogP contribution is -2.34. The van der Waals surface area contributed by atoms with Crippen LogP contribution in [0, 0.1) is 13.8 Å². The standard InChI is InChI=1S/C18H18ClN3OS2/c1-10-15(25-11(2)20-10)14-9-24-17(21-14)22-16(23)18(3,4)12-5-7-13(19)8-6-12/h5-9H,1-4H3,(H,21,22,23). The number of aryl methyl sites for hydroxylation is 2. The summed E-state index contributed by atoms with van der Waals surface area (Å²) in [6.07, 6.45) is 0. The van der Waals surface area contributed by atoms with E-state index in [1.165, 1.54) is 11.3 Å². The molecule has 3 rings (SSSR count). The number of nitrogens with one attached hydrogen (secondary N) is 1. The molecule has 7 heteroatoms. The molecule has 2 heterocycles. The largest absolute Gasteiger partial charge is 0.301 e. The Balaban J connectivity index is 1.79. The number of carbonyl (C=O) groups is 1. The van der Waals surface area contributed by atoms with E-state index in [2.05, 4.69) is 15.3 Å². The minimum atomic E-state index is -0.687. The van der Waals surface area contributed by atoms with E-state index in [4.69, 9.17) is 11.6 Å². The first-order valence-corrected chi connectivity index (χ1v) is 9.82. The molecular weight excluding hydrogens is 374 g/mol. The zero-order valence-electron chi connectivity index (χ0n) is 14.4. The third kappa shape index (κ3) is 3.76. The van der Waals surface area contributed by atoms with Crippen molar-refractivity contribution in [1.29, 1.82) is 0 Å². The molecule has 0 aliphatic heterocycles. The Morgan fingerprint density at radius 1 is 1.16 bits per heavy atom. The topological polar surface area (TPSA) is 54.9 Å².